The van der Waals surface area contributed by atoms with Gasteiger partial charge >= 0.3 is 18.1 Å². The first-order valence-corrected chi connectivity index (χ1v) is 13.4. The number of carboxylic acid groups (broad SMARTS) is 2. The number of halogens is 3. The average Bonchev–Trinajstić information content (AvgIpc) is 2.83. The van der Waals surface area contributed by atoms with Gasteiger partial charge in [0.2, 0.25) is 0 Å². The van der Waals surface area contributed by atoms with E-state index in [4.69, 9.17) is 9.90 Å². The molecule has 0 amide bonds. The Bertz CT molecular complexity index is 1210. The lowest BCUT2D eigenvalue weighted by Gasteiger charge is -2.26. The third kappa shape index (κ3) is 8.38. The molecule has 0 unspecified atom stereocenters. The van der Waals surface area contributed by atoms with E-state index in [9.17, 15) is 31.5 Å². The van der Waals surface area contributed by atoms with Crippen LogP contribution < -0.4 is 9.62 Å². The van der Waals surface area contributed by atoms with Crippen LogP contribution >= 0.6 is 0 Å². The van der Waals surface area contributed by atoms with Gasteiger partial charge < -0.3 is 15.1 Å². The van der Waals surface area contributed by atoms with Gasteiger partial charge in [-0.3, -0.25) is 4.72 Å². The van der Waals surface area contributed by atoms with Crippen molar-refractivity contribution < 1.29 is 41.4 Å². The van der Waals surface area contributed by atoms with Gasteiger partial charge in [-0.2, -0.15) is 13.2 Å². The van der Waals surface area contributed by atoms with Crippen molar-refractivity contribution in [3.8, 4) is 0 Å². The van der Waals surface area contributed by atoms with E-state index in [2.05, 4.69) is 4.72 Å². The highest BCUT2D eigenvalue weighted by atomic mass is 32.2. The van der Waals surface area contributed by atoms with Crippen LogP contribution in [-0.2, 0) is 27.7 Å². The van der Waals surface area contributed by atoms with E-state index >= 15 is 0 Å². The lowest BCUT2D eigenvalue weighted by atomic mass is 9.92. The summed E-state index contributed by atoms with van der Waals surface area (Å²) >= 11 is 0. The lowest BCUT2D eigenvalue weighted by Crippen LogP contribution is -2.27. The van der Waals surface area contributed by atoms with Crippen LogP contribution in [0.2, 0.25) is 0 Å². The average molecular weight is 545 g/mol. The Morgan fingerprint density at radius 1 is 0.946 bits per heavy atom. The number of aromatic carboxylic acids is 1. The first-order chi connectivity index (χ1) is 17.3. The summed E-state index contributed by atoms with van der Waals surface area (Å²) in [6.07, 6.45) is 0.783. The number of anilines is 2. The molecule has 0 radical (unpaired) electrons. The molecule has 8 nitrogen and oxygen atoms in total. The molecule has 2 aromatic rings. The predicted molar refractivity (Wildman–Crippen MR) is 134 cm³/mol. The molecule has 0 bridgehead atoms. The number of benzene rings is 2. The molecule has 0 aromatic heterocycles. The van der Waals surface area contributed by atoms with Gasteiger partial charge in [-0.1, -0.05) is 19.9 Å². The lowest BCUT2D eigenvalue weighted by molar-refractivity contribution is -0.192. The Labute approximate surface area is 214 Å². The van der Waals surface area contributed by atoms with Crippen LogP contribution in [0.5, 0.6) is 0 Å². The third-order valence-electron chi connectivity index (χ3n) is 5.68. The maximum Gasteiger partial charge on any atom is 0.490 e. The Balaban J connectivity index is 0.000000604. The van der Waals surface area contributed by atoms with Crippen LogP contribution in [-0.4, -0.2) is 49.8 Å². The second-order valence-corrected chi connectivity index (χ2v) is 10.3. The Hall–Kier alpha value is -3.28. The zero-order chi connectivity index (χ0) is 27.8. The van der Waals surface area contributed by atoms with E-state index in [1.807, 2.05) is 24.8 Å². The summed E-state index contributed by atoms with van der Waals surface area (Å²) in [6, 6.07) is 10.0. The molecule has 1 aliphatic rings. The molecule has 0 aliphatic heterocycles. The summed E-state index contributed by atoms with van der Waals surface area (Å²) in [7, 11) is -3.80. The van der Waals surface area contributed by atoms with Gasteiger partial charge in [-0.25, -0.2) is 18.0 Å². The minimum absolute atomic E-state index is 0.0996. The van der Waals surface area contributed by atoms with Crippen molar-refractivity contribution in [1.29, 1.82) is 0 Å². The maximum atomic E-state index is 12.9. The van der Waals surface area contributed by atoms with E-state index in [1.165, 1.54) is 11.6 Å². The predicted octanol–water partition coefficient (Wildman–Crippen LogP) is 5.32. The third-order valence-corrected chi connectivity index (χ3v) is 7.06. The fourth-order valence-electron chi connectivity index (χ4n) is 4.03. The molecule has 37 heavy (non-hydrogen) atoms. The smallest absolute Gasteiger partial charge is 0.478 e. The molecule has 0 fully saturated rings. The topological polar surface area (TPSA) is 124 Å². The van der Waals surface area contributed by atoms with E-state index in [0.717, 1.165) is 57.2 Å². The van der Waals surface area contributed by atoms with Gasteiger partial charge in [-0.05, 0) is 80.0 Å². The molecule has 3 rings (SSSR count). The molecule has 0 atom stereocenters. The second-order valence-electron chi connectivity index (χ2n) is 8.57. The summed E-state index contributed by atoms with van der Waals surface area (Å²) in [5.41, 5.74) is 3.26. The minimum Gasteiger partial charge on any atom is -0.478 e. The van der Waals surface area contributed by atoms with Crippen LogP contribution in [0.3, 0.4) is 0 Å². The number of hydrogen-bond acceptors (Lipinski definition) is 5. The summed E-state index contributed by atoms with van der Waals surface area (Å²) < 4.78 is 60.1. The molecular formula is C25H31F3N2O6S. The van der Waals surface area contributed by atoms with Gasteiger partial charge in [0.05, 0.1) is 16.1 Å². The largest absolute Gasteiger partial charge is 0.490 e. The first kappa shape index (κ1) is 29.9. The van der Waals surface area contributed by atoms with Gasteiger partial charge in [0.25, 0.3) is 10.0 Å². The summed E-state index contributed by atoms with van der Waals surface area (Å²) in [6.45, 7) is 5.58. The fraction of sp³-hybridized carbons (Fsp3) is 0.440. The highest BCUT2D eigenvalue weighted by Gasteiger charge is 2.38. The standard InChI is InChI=1S/C23H30N2O4S.C2HF3O2/c1-3-13-25(14-4-2)22-12-10-19(16-21(22)23(26)27)24-30(28,29)20-11-9-17-7-5-6-8-18(17)15-20;3-2(4,5)1(6)7/h9-12,15-16,24H,3-8,13-14H2,1-2H3,(H,26,27);(H,6,7). The second kappa shape index (κ2) is 12.8. The van der Waals surface area contributed by atoms with Gasteiger partial charge in [0.1, 0.15) is 0 Å². The van der Waals surface area contributed by atoms with E-state index < -0.39 is 28.1 Å². The highest BCUT2D eigenvalue weighted by molar-refractivity contribution is 7.92. The van der Waals surface area contributed by atoms with Gasteiger partial charge in [0, 0.05) is 18.8 Å². The van der Waals surface area contributed by atoms with Crippen LogP contribution in [0.25, 0.3) is 0 Å². The van der Waals surface area contributed by atoms with Crippen LogP contribution in [0.4, 0.5) is 24.5 Å². The summed E-state index contributed by atoms with van der Waals surface area (Å²) in [5.74, 6) is -3.83. The number of nitrogens with zero attached hydrogens (tertiary/aromatic N) is 1. The van der Waals surface area contributed by atoms with Gasteiger partial charge in [-0.15, -0.1) is 0 Å². The SMILES string of the molecule is CCCN(CCC)c1ccc(NS(=O)(=O)c2ccc3c(c2)CCCC3)cc1C(=O)O.O=C(O)C(F)(F)F. The van der Waals surface area contributed by atoms with E-state index in [1.54, 1.807) is 24.3 Å². The van der Waals surface area contributed by atoms with Crippen molar-refractivity contribution in [2.45, 2.75) is 63.4 Å². The minimum atomic E-state index is -5.08. The number of fused-ring (bicyclic) bond motifs is 1. The molecule has 0 spiro atoms. The molecular weight excluding hydrogens is 513 g/mol. The van der Waals surface area contributed by atoms with Crippen LogP contribution in [0.15, 0.2) is 41.3 Å². The zero-order valence-corrected chi connectivity index (χ0v) is 21.5. The number of hydrogen-bond donors (Lipinski definition) is 3. The zero-order valence-electron chi connectivity index (χ0n) is 20.6. The van der Waals surface area contributed by atoms with Crippen LogP contribution in [0.1, 0.15) is 61.0 Å². The fourth-order valence-corrected chi connectivity index (χ4v) is 5.13. The molecule has 204 valence electrons. The Morgan fingerprint density at radius 2 is 1.51 bits per heavy atom. The number of aliphatic carboxylic acids is 1. The molecule has 3 N–H and O–H groups in total. The first-order valence-electron chi connectivity index (χ1n) is 11.9. The maximum absolute atomic E-state index is 12.9. The monoisotopic (exact) mass is 544 g/mol. The van der Waals surface area contributed by atoms with Gasteiger partial charge in [0.15, 0.2) is 0 Å². The number of aryl methyl sites for hydroxylation is 2. The molecule has 1 aliphatic carbocycles. The summed E-state index contributed by atoms with van der Waals surface area (Å²) in [4.78, 5) is 23.0. The van der Waals surface area contributed by atoms with E-state index in [0.29, 0.717) is 5.69 Å². The van der Waals surface area contributed by atoms with Crippen LogP contribution in [0, 0.1) is 0 Å². The van der Waals surface area contributed by atoms with Crippen molar-refractivity contribution in [3.63, 3.8) is 0 Å². The molecule has 0 saturated heterocycles. The number of sulfonamides is 1. The highest BCUT2D eigenvalue weighted by Crippen LogP contribution is 2.28. The molecule has 2 aromatic carbocycles. The molecule has 0 saturated carbocycles. The normalized spacial score (nSPS) is 13.1. The molecule has 12 heteroatoms. The Kier molecular flexibility index (Phi) is 10.4. The van der Waals surface area contributed by atoms with Crippen molar-refractivity contribution in [2.24, 2.45) is 0 Å². The van der Waals surface area contributed by atoms with E-state index in [-0.39, 0.29) is 16.1 Å². The van der Waals surface area contributed by atoms with Crippen molar-refractivity contribution in [3.05, 3.63) is 53.1 Å². The van der Waals surface area contributed by atoms with Crippen molar-refractivity contribution in [1.82, 2.24) is 0 Å². The number of carboxylic acids is 2. The van der Waals surface area contributed by atoms with Crippen molar-refractivity contribution >= 4 is 33.3 Å². The quantitative estimate of drug-likeness (QED) is 0.390. The summed E-state index contributed by atoms with van der Waals surface area (Å²) in [5, 5.41) is 16.8. The number of carbonyl (C=O) groups is 2. The number of nitrogens with one attached hydrogen (secondary N) is 1. The number of rotatable bonds is 9. The Morgan fingerprint density at radius 3 is 2.03 bits per heavy atom. The van der Waals surface area contributed by atoms with Crippen molar-refractivity contribution in [2.75, 3.05) is 22.7 Å². The number of alkyl halides is 3. The molecule has 0 heterocycles.